The van der Waals surface area contributed by atoms with Gasteiger partial charge in [0.15, 0.2) is 0 Å². The molecule has 0 atom stereocenters. The topological polar surface area (TPSA) is 40.5 Å². The molecule has 52 valence electrons. The van der Waals surface area contributed by atoms with Crippen LogP contribution in [-0.4, -0.2) is 37.1 Å². The second kappa shape index (κ2) is 2.59. The van der Waals surface area contributed by atoms with Crippen LogP contribution in [0.3, 0.4) is 0 Å². The molecule has 0 aliphatic heterocycles. The summed E-state index contributed by atoms with van der Waals surface area (Å²) < 4.78 is -0.362. The highest BCUT2D eigenvalue weighted by atomic mass is 27.0. The summed E-state index contributed by atoms with van der Waals surface area (Å²) in [4.78, 5) is 0. The van der Waals surface area contributed by atoms with Crippen LogP contribution >= 0.6 is 0 Å². The molecule has 1 fully saturated rings. The van der Waals surface area contributed by atoms with Crippen molar-refractivity contribution in [2.45, 2.75) is 36.3 Å². The average molecular weight is 144 g/mol. The van der Waals surface area contributed by atoms with Gasteiger partial charge in [-0.15, -0.1) is 0 Å². The Bertz CT molecular complexity index is 93.2. The Morgan fingerprint density at radius 1 is 1.33 bits per heavy atom. The maximum absolute atomic E-state index is 9.44. The third-order valence-electron chi connectivity index (χ3n) is 2.03. The van der Waals surface area contributed by atoms with Crippen molar-refractivity contribution in [3.8, 4) is 0 Å². The van der Waals surface area contributed by atoms with E-state index in [4.69, 9.17) is 5.11 Å². The van der Waals surface area contributed by atoms with Crippen LogP contribution in [0.15, 0.2) is 0 Å². The van der Waals surface area contributed by atoms with E-state index < -0.39 is 0 Å². The first-order valence-corrected chi connectivity index (χ1v) is 4.51. The number of rotatable bonds is 0. The van der Waals surface area contributed by atoms with Crippen molar-refractivity contribution in [1.82, 2.24) is 0 Å². The lowest BCUT2D eigenvalue weighted by Crippen LogP contribution is -2.35. The van der Waals surface area contributed by atoms with Gasteiger partial charge in [0.1, 0.15) is 0 Å². The van der Waals surface area contributed by atoms with E-state index in [9.17, 15) is 5.11 Å². The van der Waals surface area contributed by atoms with Gasteiger partial charge in [0.05, 0.1) is 6.10 Å². The molecule has 9 heavy (non-hydrogen) atoms. The summed E-state index contributed by atoms with van der Waals surface area (Å²) in [6.07, 6.45) is 3.06. The molecule has 0 radical (unpaired) electrons. The van der Waals surface area contributed by atoms with Crippen LogP contribution in [0, 0.1) is 0 Å². The summed E-state index contributed by atoms with van der Waals surface area (Å²) in [5.74, 6) is 0. The van der Waals surface area contributed by atoms with Crippen molar-refractivity contribution in [2.24, 2.45) is 0 Å². The van der Waals surface area contributed by atoms with E-state index in [2.05, 4.69) is 0 Å². The fraction of sp³-hybridized carbons (Fsp3) is 1.00. The average Bonchev–Trinajstić information content (AvgIpc) is 1.78. The Kier molecular flexibility index (Phi) is 2.18. The molecule has 0 saturated heterocycles. The predicted octanol–water partition coefficient (Wildman–Crippen LogP) is -0.757. The first kappa shape index (κ1) is 7.56. The zero-order valence-corrected chi connectivity index (χ0v) is 7.80. The van der Waals surface area contributed by atoms with Crippen LogP contribution in [0.5, 0.6) is 0 Å². The van der Waals surface area contributed by atoms with Crippen LogP contribution in [0.2, 0.25) is 0 Å². The second-order valence-electron chi connectivity index (χ2n) is 3.23. The zero-order chi connectivity index (χ0) is 6.91. The normalized spacial score (nSPS) is 44.9. The second-order valence-corrected chi connectivity index (χ2v) is 5.09. The highest BCUT2D eigenvalue weighted by molar-refractivity contribution is 6.14. The molecule has 0 aromatic rings. The lowest BCUT2D eigenvalue weighted by atomic mass is 9.94. The highest BCUT2D eigenvalue weighted by Crippen LogP contribution is 2.24. The van der Waals surface area contributed by atoms with E-state index in [-0.39, 0.29) is 10.6 Å². The Balaban J connectivity index is 2.35. The molecule has 0 unspecified atom stereocenters. The minimum Gasteiger partial charge on any atom is -0.406 e. The molecule has 0 heterocycles. The van der Waals surface area contributed by atoms with Crippen molar-refractivity contribution >= 4 is 16.3 Å². The van der Waals surface area contributed by atoms with E-state index in [0.29, 0.717) is 0 Å². The molecule has 1 aliphatic rings. The van der Waals surface area contributed by atoms with Crippen molar-refractivity contribution in [2.75, 3.05) is 0 Å². The summed E-state index contributed by atoms with van der Waals surface area (Å²) in [6, 6.07) is 0. The molecule has 2 N–H and O–H groups in total. The van der Waals surface area contributed by atoms with E-state index in [0.717, 1.165) is 42.0 Å². The minimum absolute atomic E-state index is 0.140. The lowest BCUT2D eigenvalue weighted by molar-refractivity contribution is 0.0270. The van der Waals surface area contributed by atoms with E-state index >= 15 is 0 Å². The predicted molar refractivity (Wildman–Crippen MR) is 38.0 cm³/mol. The summed E-state index contributed by atoms with van der Waals surface area (Å²) in [5, 5.41) is 18.5. The Morgan fingerprint density at radius 2 is 1.78 bits per heavy atom. The summed E-state index contributed by atoms with van der Waals surface area (Å²) >= 11 is 0.845. The number of aliphatic hydroxyl groups excluding tert-OH is 1. The van der Waals surface area contributed by atoms with Gasteiger partial charge in [-0.05, 0) is 25.7 Å². The van der Waals surface area contributed by atoms with Crippen molar-refractivity contribution in [1.29, 1.82) is 0 Å². The van der Waals surface area contributed by atoms with Crippen LogP contribution in [0.1, 0.15) is 25.7 Å². The molecule has 0 bridgehead atoms. The SMILES string of the molecule is OC1CC[C](O)([AlH2])CC1. The van der Waals surface area contributed by atoms with Gasteiger partial charge in [0.25, 0.3) is 16.3 Å². The molecule has 0 aromatic carbocycles. The van der Waals surface area contributed by atoms with Gasteiger partial charge in [-0.2, -0.15) is 0 Å². The van der Waals surface area contributed by atoms with Crippen LogP contribution in [0.4, 0.5) is 0 Å². The third kappa shape index (κ3) is 2.27. The number of hydrogen-bond acceptors (Lipinski definition) is 2. The molecule has 0 spiro atoms. The molecule has 0 amide bonds. The molecule has 2 nitrogen and oxygen atoms in total. The lowest BCUT2D eigenvalue weighted by Gasteiger charge is -2.31. The van der Waals surface area contributed by atoms with Gasteiger partial charge >= 0.3 is 0 Å². The molecule has 1 aliphatic carbocycles. The Morgan fingerprint density at radius 3 is 2.11 bits per heavy atom. The molecular formula is C6H13AlO2. The van der Waals surface area contributed by atoms with Crippen molar-refractivity contribution in [3.05, 3.63) is 0 Å². The van der Waals surface area contributed by atoms with Gasteiger partial charge in [0.2, 0.25) is 0 Å². The quantitative estimate of drug-likeness (QED) is 0.439. The Labute approximate surface area is 63.3 Å². The first-order chi connectivity index (χ1) is 4.10. The van der Waals surface area contributed by atoms with Crippen molar-refractivity contribution in [3.63, 3.8) is 0 Å². The highest BCUT2D eigenvalue weighted by Gasteiger charge is 2.26. The smallest absolute Gasteiger partial charge is 0.263 e. The molecule has 3 heteroatoms. The van der Waals surface area contributed by atoms with Gasteiger partial charge in [-0.3, -0.25) is 0 Å². The van der Waals surface area contributed by atoms with Gasteiger partial charge < -0.3 is 10.2 Å². The standard InChI is InChI=1S/C6H11O2.Al.2H/c7-5-1-2-6(8)4-3-5;;;/h5,7-8H,1-4H2;;;. The third-order valence-corrected chi connectivity index (χ3v) is 3.03. The molecule has 0 aromatic heterocycles. The Hall–Kier alpha value is 0.452. The fourth-order valence-corrected chi connectivity index (χ4v) is 1.80. The summed E-state index contributed by atoms with van der Waals surface area (Å²) in [7, 11) is 0. The number of aliphatic hydroxyl groups is 2. The van der Waals surface area contributed by atoms with E-state index in [1.807, 2.05) is 0 Å². The van der Waals surface area contributed by atoms with E-state index in [1.165, 1.54) is 0 Å². The number of hydrogen-bond donors (Lipinski definition) is 2. The van der Waals surface area contributed by atoms with Crippen LogP contribution < -0.4 is 0 Å². The zero-order valence-electron chi connectivity index (χ0n) is 5.80. The minimum atomic E-state index is -0.362. The molecular weight excluding hydrogens is 131 g/mol. The summed E-state index contributed by atoms with van der Waals surface area (Å²) in [5.41, 5.74) is 0. The maximum Gasteiger partial charge on any atom is 0.263 e. The molecule has 1 rings (SSSR count). The van der Waals surface area contributed by atoms with Crippen molar-refractivity contribution < 1.29 is 10.2 Å². The maximum atomic E-state index is 9.44. The van der Waals surface area contributed by atoms with Gasteiger partial charge in [-0.1, -0.05) is 0 Å². The molecule has 1 saturated carbocycles. The fourth-order valence-electron chi connectivity index (χ4n) is 1.22. The van der Waals surface area contributed by atoms with Gasteiger partial charge in [-0.25, -0.2) is 0 Å². The first-order valence-electron chi connectivity index (χ1n) is 3.51. The van der Waals surface area contributed by atoms with E-state index in [1.54, 1.807) is 0 Å². The van der Waals surface area contributed by atoms with Crippen LogP contribution in [0.25, 0.3) is 0 Å². The monoisotopic (exact) mass is 144 g/mol. The summed E-state index contributed by atoms with van der Waals surface area (Å²) in [6.45, 7) is 0. The van der Waals surface area contributed by atoms with Gasteiger partial charge in [0, 0.05) is 4.46 Å². The largest absolute Gasteiger partial charge is 0.406 e. The van der Waals surface area contributed by atoms with Crippen LogP contribution in [-0.2, 0) is 0 Å².